The minimum absolute atomic E-state index is 0.0763. The molecule has 0 amide bonds. The highest BCUT2D eigenvalue weighted by Crippen LogP contribution is 2.61. The molecular formula is C70H101Cl4N24O3P. The Morgan fingerprint density at radius 1 is 0.480 bits per heavy atom. The molecule has 0 aromatic carbocycles. The van der Waals surface area contributed by atoms with Crippen LogP contribution in [0.3, 0.4) is 0 Å². The molecule has 0 radical (unpaired) electrons. The number of nitrogen functional groups attached to an aromatic ring is 2. The van der Waals surface area contributed by atoms with Crippen LogP contribution in [0.15, 0.2) is 64.6 Å². The molecule has 11 aromatic heterocycles. The summed E-state index contributed by atoms with van der Waals surface area (Å²) < 4.78 is 18.6. The number of hydrogen-bond acceptors (Lipinski definition) is 20. The van der Waals surface area contributed by atoms with Crippen LogP contribution in [-0.2, 0) is 43.1 Å². The normalized spacial score (nSPS) is 14.6. The van der Waals surface area contributed by atoms with Crippen molar-refractivity contribution in [2.24, 2.45) is 5.18 Å². The summed E-state index contributed by atoms with van der Waals surface area (Å²) in [5.74, 6) is 3.66. The van der Waals surface area contributed by atoms with Gasteiger partial charge >= 0.3 is 5.20 Å². The average Bonchev–Trinajstić information content (AvgIpc) is 1.62. The van der Waals surface area contributed by atoms with Gasteiger partial charge in [0.2, 0.25) is 0 Å². The van der Waals surface area contributed by atoms with Crippen molar-refractivity contribution in [3.8, 4) is 0 Å². The summed E-state index contributed by atoms with van der Waals surface area (Å²) in [5.41, 5.74) is 27.4. The molecule has 4 fully saturated rings. The first-order valence-corrected chi connectivity index (χ1v) is 40.5. The second-order valence-corrected chi connectivity index (χ2v) is 32.5. The molecule has 4 aliphatic rings. The summed E-state index contributed by atoms with van der Waals surface area (Å²) >= 11 is 19.7. The van der Waals surface area contributed by atoms with Crippen molar-refractivity contribution in [1.82, 2.24) is 88.5 Å². The lowest BCUT2D eigenvalue weighted by molar-refractivity contribution is 0.520. The van der Waals surface area contributed by atoms with Crippen molar-refractivity contribution < 1.29 is 4.57 Å². The van der Waals surface area contributed by atoms with Gasteiger partial charge in [0, 0.05) is 122 Å². The van der Waals surface area contributed by atoms with E-state index in [1.807, 2.05) is 79.4 Å². The molecule has 15 heterocycles. The summed E-state index contributed by atoms with van der Waals surface area (Å²) in [4.78, 5) is 50.3. The summed E-state index contributed by atoms with van der Waals surface area (Å²) in [6.07, 6.45) is 20.9. The summed E-state index contributed by atoms with van der Waals surface area (Å²) in [7, 11) is 0. The van der Waals surface area contributed by atoms with Gasteiger partial charge in [0.15, 0.2) is 28.3 Å². The summed E-state index contributed by atoms with van der Waals surface area (Å²) in [6.45, 7) is 31.3. The second kappa shape index (κ2) is 38.5. The molecule has 15 rings (SSSR count). The van der Waals surface area contributed by atoms with Crippen molar-refractivity contribution in [3.05, 3.63) is 138 Å². The van der Waals surface area contributed by atoms with Gasteiger partial charge in [-0.25, -0.2) is 42.5 Å². The predicted octanol–water partition coefficient (Wildman–Crippen LogP) is 15.0. The van der Waals surface area contributed by atoms with Crippen molar-refractivity contribution >= 4 is 113 Å². The Hall–Kier alpha value is -7.94. The van der Waals surface area contributed by atoms with Gasteiger partial charge in [-0.1, -0.05) is 59.6 Å². The van der Waals surface area contributed by atoms with Gasteiger partial charge in [-0.15, -0.1) is 4.91 Å². The van der Waals surface area contributed by atoms with Crippen LogP contribution in [-0.4, -0.2) is 136 Å². The van der Waals surface area contributed by atoms with Gasteiger partial charge in [0.05, 0.1) is 28.5 Å². The smallest absolute Gasteiger partial charge is 0.339 e. The number of aromatic nitrogens is 17. The molecular weight excluding hydrogens is 1400 g/mol. The van der Waals surface area contributed by atoms with Crippen molar-refractivity contribution in [3.63, 3.8) is 0 Å². The van der Waals surface area contributed by atoms with E-state index in [-0.39, 0.29) is 5.56 Å². The molecule has 7 N–H and O–H groups in total. The Kier molecular flexibility index (Phi) is 30.1. The van der Waals surface area contributed by atoms with Crippen LogP contribution in [0, 0.1) is 39.5 Å². The minimum Gasteiger partial charge on any atom is -0.394 e. The van der Waals surface area contributed by atoms with Crippen molar-refractivity contribution in [2.45, 2.75) is 192 Å². The molecule has 0 bridgehead atoms. The monoisotopic (exact) mass is 1500 g/mol. The SMILES string of the molecule is C1CCNCC1.CCc1cc(N)n[nH]1.CCc1cc2[nH]c(=O)cc(C)n2n1.CCc1cc2nc(Cl)cc(C)n2n1.CCc1cc2nc(N3CCCCC3)cc(C)n2n1.CCc1nn2c(C)cc(N3CCCCC3)nc2c1N.CCc1nn2c(C)cc(N3CCCCC3)nc2c1N=O.O=P(Cl)(Cl)Cl. The van der Waals surface area contributed by atoms with Gasteiger partial charge in [-0.05, 0) is 202 Å². The number of nitroso groups, excluding NO2 is 1. The molecule has 0 atom stereocenters. The molecule has 0 saturated carbocycles. The van der Waals surface area contributed by atoms with Gasteiger partial charge in [0.1, 0.15) is 39.8 Å². The fraction of sp³-hybridized carbons (Fsp3) is 0.529. The molecule has 552 valence electrons. The van der Waals surface area contributed by atoms with E-state index >= 15 is 0 Å². The molecule has 0 spiro atoms. The fourth-order valence-electron chi connectivity index (χ4n) is 12.2. The number of anilines is 5. The second-order valence-electron chi connectivity index (χ2n) is 25.5. The summed E-state index contributed by atoms with van der Waals surface area (Å²) in [6, 6.07) is 17.4. The van der Waals surface area contributed by atoms with Gasteiger partial charge in [-0.3, -0.25) is 14.5 Å². The first kappa shape index (κ1) is 79.8. The standard InChI is InChI=1S/C14H19N5O.C14H21N5.C14H20N4.C9H10ClN3.C9H11N3O.C5H9N3.C5H11N.Cl3OP/c1-3-11-13(17-20)14-15-12(9-10(2)19(14)16-11)18-7-5-4-6-8-18;1-3-11-13(15)14-16-12(9-10(2)19(14)17-11)18-7-5-4-6-8-18;1-3-12-10-14-15-13(9-11(2)18(14)16-12)17-7-5-4-6-8-17;1-3-7-5-9-11-8(10)4-6(2)13(9)12-7;1-3-7-5-8-10-9(13)4-6(2)12(8)11-7;1-2-4-3-5(6)8-7-4;1-2-4-6-5-3-1;1-5(2,3)4/h9H,3-8H2,1-2H3;9H,3-8,15H2,1-2H3;9-10H,3-8H2,1-2H3;4-5H,3H2,1-2H3;4-5H,3H2,1-2H3,(H,10,13);3H,2H2,1H3,(H3,6,7,8);6H,1-5H2;. The minimum atomic E-state index is -3.22. The number of hydrogen-bond donors (Lipinski definition) is 5. The van der Waals surface area contributed by atoms with E-state index in [1.165, 1.54) is 95.8 Å². The zero-order chi connectivity index (χ0) is 73.6. The van der Waals surface area contributed by atoms with Crippen LogP contribution in [0.5, 0.6) is 0 Å². The third-order valence-electron chi connectivity index (χ3n) is 17.7. The first-order valence-electron chi connectivity index (χ1n) is 35.7. The third-order valence-corrected chi connectivity index (χ3v) is 17.9. The zero-order valence-corrected chi connectivity index (χ0v) is 64.8. The zero-order valence-electron chi connectivity index (χ0n) is 60.9. The number of halogens is 4. The Morgan fingerprint density at radius 3 is 1.33 bits per heavy atom. The Morgan fingerprint density at radius 2 is 0.902 bits per heavy atom. The number of nitrogens with two attached hydrogens (primary N) is 2. The van der Waals surface area contributed by atoms with Crippen LogP contribution in [0.1, 0.15) is 181 Å². The number of nitrogens with one attached hydrogen (secondary N) is 3. The maximum atomic E-state index is 11.1. The van der Waals surface area contributed by atoms with Gasteiger partial charge in [0.25, 0.3) is 5.56 Å². The maximum absolute atomic E-state index is 11.1. The van der Waals surface area contributed by atoms with Gasteiger partial charge in [-0.2, -0.15) is 30.6 Å². The molecule has 102 heavy (non-hydrogen) atoms. The average molecular weight is 1500 g/mol. The lowest BCUT2D eigenvalue weighted by Crippen LogP contribution is -2.30. The number of aryl methyl sites for hydroxylation is 11. The Bertz CT molecular complexity index is 4590. The van der Waals surface area contributed by atoms with Crippen LogP contribution in [0.4, 0.5) is 34.6 Å². The highest BCUT2D eigenvalue weighted by atomic mass is 36.0. The quantitative estimate of drug-likeness (QED) is 0.0482. The topological polar surface area (TPSA) is 320 Å². The van der Waals surface area contributed by atoms with Crippen LogP contribution >= 0.6 is 50.5 Å². The number of rotatable bonds is 10. The lowest BCUT2D eigenvalue weighted by atomic mass is 10.1. The van der Waals surface area contributed by atoms with E-state index in [1.54, 1.807) is 21.2 Å². The third kappa shape index (κ3) is 22.3. The molecule has 11 aromatic rings. The van der Waals surface area contributed by atoms with E-state index in [0.717, 1.165) is 168 Å². The van der Waals surface area contributed by atoms with Gasteiger partial charge < -0.3 is 36.5 Å². The van der Waals surface area contributed by atoms with E-state index in [0.29, 0.717) is 34.4 Å². The first-order chi connectivity index (χ1) is 48.9. The number of aromatic amines is 2. The molecule has 0 unspecified atom stereocenters. The van der Waals surface area contributed by atoms with Crippen LogP contribution in [0.25, 0.3) is 28.2 Å². The van der Waals surface area contributed by atoms with E-state index in [2.05, 4.69) is 162 Å². The summed E-state index contributed by atoms with van der Waals surface area (Å²) in [5, 5.41) is 32.4. The van der Waals surface area contributed by atoms with E-state index < -0.39 is 5.20 Å². The number of fused-ring (bicyclic) bond motifs is 5. The molecule has 27 nitrogen and oxygen atoms in total. The van der Waals surface area contributed by atoms with E-state index in [9.17, 15) is 14.3 Å². The highest BCUT2D eigenvalue weighted by molar-refractivity contribution is 8.24. The van der Waals surface area contributed by atoms with Crippen molar-refractivity contribution in [2.75, 3.05) is 78.5 Å². The Labute approximate surface area is 616 Å². The van der Waals surface area contributed by atoms with E-state index in [4.69, 9.17) is 33.0 Å². The maximum Gasteiger partial charge on any atom is 0.339 e. The lowest BCUT2D eigenvalue weighted by Gasteiger charge is -2.28. The largest absolute Gasteiger partial charge is 0.394 e. The van der Waals surface area contributed by atoms with Crippen LogP contribution in [0.2, 0.25) is 5.15 Å². The number of H-pyrrole nitrogens is 2. The Balaban J connectivity index is 0.000000153. The number of piperidine rings is 4. The molecule has 32 heteroatoms. The number of nitrogens with zero attached hydrogens (tertiary/aromatic N) is 19. The van der Waals surface area contributed by atoms with Crippen LogP contribution < -0.4 is 37.0 Å². The molecule has 4 aliphatic heterocycles. The molecule has 4 saturated heterocycles. The fourth-order valence-corrected chi connectivity index (χ4v) is 12.4. The van der Waals surface area contributed by atoms with Crippen molar-refractivity contribution in [1.29, 1.82) is 0 Å². The predicted molar refractivity (Wildman–Crippen MR) is 416 cm³/mol. The molecule has 0 aliphatic carbocycles. The highest BCUT2D eigenvalue weighted by Gasteiger charge is 2.21.